The number of nitrogens with zero attached hydrogens (tertiary/aromatic N) is 2. The first-order valence-electron chi connectivity index (χ1n) is 9.25. The number of pyridine rings is 1. The van der Waals surface area contributed by atoms with Crippen molar-refractivity contribution < 1.29 is 13.2 Å². The minimum Gasteiger partial charge on any atom is -0.325 e. The van der Waals surface area contributed by atoms with E-state index in [9.17, 15) is 13.2 Å². The Labute approximate surface area is 164 Å². The van der Waals surface area contributed by atoms with Crippen LogP contribution in [0, 0.1) is 5.92 Å². The summed E-state index contributed by atoms with van der Waals surface area (Å²) in [6.45, 7) is 0.616. The molecule has 1 aliphatic heterocycles. The molecule has 2 aromatic carbocycles. The first-order valence-corrected chi connectivity index (χ1v) is 10.7. The van der Waals surface area contributed by atoms with Crippen molar-refractivity contribution in [3.63, 3.8) is 0 Å². The van der Waals surface area contributed by atoms with Crippen LogP contribution in [-0.2, 0) is 14.8 Å². The van der Waals surface area contributed by atoms with E-state index < -0.39 is 10.0 Å². The van der Waals surface area contributed by atoms with E-state index in [0.29, 0.717) is 25.1 Å². The Morgan fingerprint density at radius 2 is 1.86 bits per heavy atom. The summed E-state index contributed by atoms with van der Waals surface area (Å²) < 4.78 is 27.2. The van der Waals surface area contributed by atoms with Crippen LogP contribution in [0.4, 0.5) is 5.69 Å². The lowest BCUT2D eigenvalue weighted by Gasteiger charge is -2.31. The fourth-order valence-electron chi connectivity index (χ4n) is 3.56. The van der Waals surface area contributed by atoms with Gasteiger partial charge in [-0.05, 0) is 49.2 Å². The quantitative estimate of drug-likeness (QED) is 0.735. The van der Waals surface area contributed by atoms with Crippen molar-refractivity contribution in [3.8, 4) is 0 Å². The van der Waals surface area contributed by atoms with Crippen molar-refractivity contribution in [2.75, 3.05) is 18.4 Å². The Balaban J connectivity index is 1.52. The van der Waals surface area contributed by atoms with Crippen LogP contribution in [0.3, 0.4) is 0 Å². The van der Waals surface area contributed by atoms with Gasteiger partial charge < -0.3 is 5.32 Å². The van der Waals surface area contributed by atoms with Crippen LogP contribution in [0.15, 0.2) is 71.8 Å². The molecule has 144 valence electrons. The Bertz CT molecular complexity index is 1090. The van der Waals surface area contributed by atoms with E-state index >= 15 is 0 Å². The first-order chi connectivity index (χ1) is 13.6. The van der Waals surface area contributed by atoms with Crippen molar-refractivity contribution >= 4 is 32.5 Å². The van der Waals surface area contributed by atoms with Gasteiger partial charge in [0.2, 0.25) is 15.9 Å². The zero-order valence-electron chi connectivity index (χ0n) is 15.3. The molecule has 0 saturated carbocycles. The Kier molecular flexibility index (Phi) is 5.11. The van der Waals surface area contributed by atoms with Gasteiger partial charge in [0.05, 0.1) is 22.0 Å². The van der Waals surface area contributed by atoms with Gasteiger partial charge >= 0.3 is 0 Å². The number of sulfonamides is 1. The van der Waals surface area contributed by atoms with Gasteiger partial charge in [0.1, 0.15) is 0 Å². The van der Waals surface area contributed by atoms with Crippen LogP contribution in [0.1, 0.15) is 12.8 Å². The van der Waals surface area contributed by atoms with Crippen molar-refractivity contribution in [3.05, 3.63) is 66.9 Å². The maximum absolute atomic E-state index is 12.9. The second-order valence-corrected chi connectivity index (χ2v) is 8.82. The molecule has 1 saturated heterocycles. The third kappa shape index (κ3) is 3.63. The SMILES string of the molecule is O=C(Nc1cccc2ncccc12)[C@@H]1CCCN(S(=O)(=O)c2ccccc2)C1. The predicted octanol–water partition coefficient (Wildman–Crippen LogP) is 3.27. The number of carbonyl (C=O) groups excluding carboxylic acids is 1. The predicted molar refractivity (Wildman–Crippen MR) is 108 cm³/mol. The van der Waals surface area contributed by atoms with E-state index in [4.69, 9.17) is 0 Å². The lowest BCUT2D eigenvalue weighted by atomic mass is 9.98. The Morgan fingerprint density at radius 1 is 1.04 bits per heavy atom. The lowest BCUT2D eigenvalue weighted by molar-refractivity contribution is -0.120. The van der Waals surface area contributed by atoms with Gasteiger partial charge in [0.25, 0.3) is 0 Å². The van der Waals surface area contributed by atoms with E-state index in [0.717, 1.165) is 10.9 Å². The average molecular weight is 395 g/mol. The van der Waals surface area contributed by atoms with Crippen molar-refractivity contribution in [2.24, 2.45) is 5.92 Å². The second-order valence-electron chi connectivity index (χ2n) is 6.88. The molecular weight excluding hydrogens is 374 g/mol. The molecule has 3 aromatic rings. The smallest absolute Gasteiger partial charge is 0.243 e. The summed E-state index contributed by atoms with van der Waals surface area (Å²) in [6.07, 6.45) is 3.03. The maximum Gasteiger partial charge on any atom is 0.243 e. The van der Waals surface area contributed by atoms with E-state index in [2.05, 4.69) is 10.3 Å². The molecule has 0 unspecified atom stereocenters. The average Bonchev–Trinajstić information content (AvgIpc) is 2.75. The Hall–Kier alpha value is -2.77. The largest absolute Gasteiger partial charge is 0.325 e. The van der Waals surface area contributed by atoms with Crippen LogP contribution in [0.5, 0.6) is 0 Å². The highest BCUT2D eigenvalue weighted by Crippen LogP contribution is 2.26. The molecule has 0 aliphatic carbocycles. The molecule has 2 heterocycles. The van der Waals surface area contributed by atoms with Crippen LogP contribution < -0.4 is 5.32 Å². The fraction of sp³-hybridized carbons (Fsp3) is 0.238. The number of aromatic nitrogens is 1. The van der Waals surface area contributed by atoms with E-state index in [1.807, 2.05) is 30.3 Å². The standard InChI is InChI=1S/C21H21N3O3S/c25-21(23-20-12-4-11-19-18(20)10-5-13-22-19)16-7-6-14-24(15-16)28(26,27)17-8-2-1-3-9-17/h1-5,8-13,16H,6-7,14-15H2,(H,23,25)/t16-/m1/s1. The molecule has 1 atom stereocenters. The third-order valence-corrected chi connectivity index (χ3v) is 6.92. The van der Waals surface area contributed by atoms with E-state index in [1.165, 1.54) is 4.31 Å². The van der Waals surface area contributed by atoms with Gasteiger partial charge in [-0.15, -0.1) is 0 Å². The first kappa shape index (κ1) is 18.6. The van der Waals surface area contributed by atoms with Crippen molar-refractivity contribution in [2.45, 2.75) is 17.7 Å². The summed E-state index contributed by atoms with van der Waals surface area (Å²) in [5.41, 5.74) is 1.50. The monoisotopic (exact) mass is 395 g/mol. The third-order valence-electron chi connectivity index (χ3n) is 5.04. The fourth-order valence-corrected chi connectivity index (χ4v) is 5.11. The molecule has 28 heavy (non-hydrogen) atoms. The lowest BCUT2D eigenvalue weighted by Crippen LogP contribution is -2.43. The number of benzene rings is 2. The molecular formula is C21H21N3O3S. The molecule has 6 nitrogen and oxygen atoms in total. The van der Waals surface area contributed by atoms with Gasteiger partial charge in [-0.1, -0.05) is 24.3 Å². The normalized spacial score (nSPS) is 18.1. The molecule has 1 amide bonds. The van der Waals surface area contributed by atoms with Crippen LogP contribution >= 0.6 is 0 Å². The zero-order chi connectivity index (χ0) is 19.6. The molecule has 1 N–H and O–H groups in total. The highest BCUT2D eigenvalue weighted by molar-refractivity contribution is 7.89. The number of piperidine rings is 1. The molecule has 4 rings (SSSR count). The number of anilines is 1. The molecule has 1 aliphatic rings. The minimum absolute atomic E-state index is 0.163. The minimum atomic E-state index is -3.59. The molecule has 0 bridgehead atoms. The van der Waals surface area contributed by atoms with Crippen molar-refractivity contribution in [1.82, 2.24) is 9.29 Å². The highest BCUT2D eigenvalue weighted by Gasteiger charge is 2.33. The number of fused-ring (bicyclic) bond motifs is 1. The second kappa shape index (κ2) is 7.69. The molecule has 0 radical (unpaired) electrons. The van der Waals surface area contributed by atoms with Crippen LogP contribution in [0.2, 0.25) is 0 Å². The van der Waals surface area contributed by atoms with Gasteiger partial charge in [-0.25, -0.2) is 8.42 Å². The number of amides is 1. The zero-order valence-corrected chi connectivity index (χ0v) is 16.1. The van der Waals surface area contributed by atoms with Crippen LogP contribution in [0.25, 0.3) is 10.9 Å². The van der Waals surface area contributed by atoms with Crippen molar-refractivity contribution in [1.29, 1.82) is 0 Å². The Morgan fingerprint density at radius 3 is 2.68 bits per heavy atom. The highest BCUT2D eigenvalue weighted by atomic mass is 32.2. The van der Waals surface area contributed by atoms with E-state index in [-0.39, 0.29) is 23.3 Å². The molecule has 0 spiro atoms. The van der Waals surface area contributed by atoms with E-state index in [1.54, 1.807) is 36.5 Å². The van der Waals surface area contributed by atoms with Gasteiger partial charge in [-0.3, -0.25) is 9.78 Å². The topological polar surface area (TPSA) is 79.4 Å². The molecule has 7 heteroatoms. The van der Waals surface area contributed by atoms with Gasteiger partial charge in [0, 0.05) is 24.7 Å². The summed E-state index contributed by atoms with van der Waals surface area (Å²) >= 11 is 0. The molecule has 1 fully saturated rings. The number of hydrogen-bond acceptors (Lipinski definition) is 4. The van der Waals surface area contributed by atoms with Crippen LogP contribution in [-0.4, -0.2) is 36.7 Å². The summed E-state index contributed by atoms with van der Waals surface area (Å²) in [5, 5.41) is 3.83. The summed E-state index contributed by atoms with van der Waals surface area (Å²) in [5.74, 6) is -0.552. The summed E-state index contributed by atoms with van der Waals surface area (Å²) in [7, 11) is -3.59. The summed E-state index contributed by atoms with van der Waals surface area (Å²) in [4.78, 5) is 17.4. The number of carbonyl (C=O) groups is 1. The maximum atomic E-state index is 12.9. The van der Waals surface area contributed by atoms with Gasteiger partial charge in [-0.2, -0.15) is 4.31 Å². The van der Waals surface area contributed by atoms with Gasteiger partial charge in [0.15, 0.2) is 0 Å². The summed E-state index contributed by atoms with van der Waals surface area (Å²) in [6, 6.07) is 17.7. The number of rotatable bonds is 4. The number of hydrogen-bond donors (Lipinski definition) is 1. The number of nitrogens with one attached hydrogen (secondary N) is 1. The molecule has 1 aromatic heterocycles.